The van der Waals surface area contributed by atoms with E-state index >= 15 is 0 Å². The second kappa shape index (κ2) is 9.50. The fourth-order valence-corrected chi connectivity index (χ4v) is 2.26. The first kappa shape index (κ1) is 19.4. The van der Waals surface area contributed by atoms with E-state index in [4.69, 9.17) is 11.6 Å². The van der Waals surface area contributed by atoms with Crippen LogP contribution in [0.4, 0.5) is 0 Å². The van der Waals surface area contributed by atoms with E-state index in [0.717, 1.165) is 19.5 Å². The lowest BCUT2D eigenvalue weighted by Crippen LogP contribution is -2.32. The number of halogens is 2. The molecular weight excluding hydrogens is 337 g/mol. The molecule has 0 atom stereocenters. The highest BCUT2D eigenvalue weighted by atomic mass is 35.5. The first-order valence-corrected chi connectivity index (χ1v) is 7.69. The molecule has 2 aromatic rings. The summed E-state index contributed by atoms with van der Waals surface area (Å²) in [5.74, 6) is -0.228. The third-order valence-corrected chi connectivity index (χ3v) is 3.52. The Balaban J connectivity index is 0.00000264. The van der Waals surface area contributed by atoms with Crippen LogP contribution in [0.1, 0.15) is 29.5 Å². The third kappa shape index (κ3) is 4.92. The van der Waals surface area contributed by atoms with Crippen LogP contribution < -0.4 is 10.6 Å². The van der Waals surface area contributed by atoms with Gasteiger partial charge in [-0.05, 0) is 32.0 Å². The number of rotatable bonds is 7. The van der Waals surface area contributed by atoms with E-state index in [0.29, 0.717) is 28.6 Å². The van der Waals surface area contributed by atoms with Crippen molar-refractivity contribution in [2.24, 2.45) is 0 Å². The summed E-state index contributed by atoms with van der Waals surface area (Å²) in [6, 6.07) is 7.31. The molecule has 1 amide bonds. The van der Waals surface area contributed by atoms with E-state index in [1.54, 1.807) is 17.7 Å². The van der Waals surface area contributed by atoms with Crippen LogP contribution >= 0.6 is 24.0 Å². The maximum Gasteiger partial charge on any atom is 0.273 e. The molecular formula is C15H21Cl2N5O. The van der Waals surface area contributed by atoms with Crippen molar-refractivity contribution >= 4 is 29.9 Å². The molecule has 1 aromatic heterocycles. The topological polar surface area (TPSA) is 71.8 Å². The number of aromatic nitrogens is 3. The summed E-state index contributed by atoms with van der Waals surface area (Å²) in [5.41, 5.74) is 1.68. The molecule has 8 heteroatoms. The van der Waals surface area contributed by atoms with Crippen molar-refractivity contribution in [1.29, 1.82) is 0 Å². The molecule has 0 aliphatic rings. The van der Waals surface area contributed by atoms with Crippen molar-refractivity contribution in [1.82, 2.24) is 25.6 Å². The molecule has 0 unspecified atom stereocenters. The van der Waals surface area contributed by atoms with Gasteiger partial charge in [0.2, 0.25) is 0 Å². The zero-order chi connectivity index (χ0) is 15.9. The predicted molar refractivity (Wildman–Crippen MR) is 93.8 cm³/mol. The summed E-state index contributed by atoms with van der Waals surface area (Å²) in [6.45, 7) is 6.13. The van der Waals surface area contributed by atoms with Crippen LogP contribution in [0.25, 0.3) is 5.69 Å². The minimum absolute atomic E-state index is 0. The molecule has 0 radical (unpaired) electrons. The monoisotopic (exact) mass is 357 g/mol. The van der Waals surface area contributed by atoms with Crippen LogP contribution in [0.5, 0.6) is 0 Å². The van der Waals surface area contributed by atoms with Crippen molar-refractivity contribution in [3.8, 4) is 5.69 Å². The van der Waals surface area contributed by atoms with Crippen LogP contribution in [0.3, 0.4) is 0 Å². The van der Waals surface area contributed by atoms with E-state index in [1.165, 1.54) is 0 Å². The maximum atomic E-state index is 12.1. The van der Waals surface area contributed by atoms with Crippen molar-refractivity contribution in [2.45, 2.75) is 20.3 Å². The van der Waals surface area contributed by atoms with Gasteiger partial charge in [-0.3, -0.25) is 4.79 Å². The zero-order valence-electron chi connectivity index (χ0n) is 13.2. The lowest BCUT2D eigenvalue weighted by atomic mass is 10.3. The van der Waals surface area contributed by atoms with Gasteiger partial charge in [0.25, 0.3) is 5.91 Å². The molecule has 0 saturated carbocycles. The number of carbonyl (C=O) groups is 1. The average molecular weight is 358 g/mol. The van der Waals surface area contributed by atoms with Crippen molar-refractivity contribution in [3.05, 3.63) is 40.7 Å². The second-order valence-electron chi connectivity index (χ2n) is 4.89. The van der Waals surface area contributed by atoms with Crippen LogP contribution in [0, 0.1) is 6.92 Å². The van der Waals surface area contributed by atoms with Crippen molar-refractivity contribution < 1.29 is 4.79 Å². The van der Waals surface area contributed by atoms with Crippen LogP contribution in [-0.2, 0) is 0 Å². The normalized spacial score (nSPS) is 10.2. The molecule has 0 aliphatic carbocycles. The lowest BCUT2D eigenvalue weighted by molar-refractivity contribution is 0.0948. The average Bonchev–Trinajstić information content (AvgIpc) is 2.89. The summed E-state index contributed by atoms with van der Waals surface area (Å²) in [4.78, 5) is 12.1. The number of amides is 1. The fraction of sp³-hybridized carbons (Fsp3) is 0.400. The van der Waals surface area contributed by atoms with Gasteiger partial charge in [-0.15, -0.1) is 17.5 Å². The standard InChI is InChI=1S/C15H20ClN5O.ClH/c1-3-8-17-9-10-18-15(22)14-11(2)21(20-19-14)13-7-5-4-6-12(13)16;/h4-7,17H,3,8-10H2,1-2H3,(H,18,22);1H. The smallest absolute Gasteiger partial charge is 0.273 e. The summed E-state index contributed by atoms with van der Waals surface area (Å²) >= 11 is 6.15. The highest BCUT2D eigenvalue weighted by Crippen LogP contribution is 2.20. The highest BCUT2D eigenvalue weighted by molar-refractivity contribution is 6.32. The van der Waals surface area contributed by atoms with E-state index in [9.17, 15) is 4.79 Å². The Morgan fingerprint density at radius 2 is 2.00 bits per heavy atom. The first-order chi connectivity index (χ1) is 10.6. The molecule has 0 spiro atoms. The lowest BCUT2D eigenvalue weighted by Gasteiger charge is -2.06. The summed E-state index contributed by atoms with van der Waals surface area (Å²) in [7, 11) is 0. The van der Waals surface area contributed by atoms with Gasteiger partial charge in [-0.1, -0.05) is 35.9 Å². The first-order valence-electron chi connectivity index (χ1n) is 7.31. The molecule has 0 bridgehead atoms. The summed E-state index contributed by atoms with van der Waals surface area (Å²) in [5, 5.41) is 14.6. The Bertz CT molecular complexity index is 645. The number of hydrogen-bond donors (Lipinski definition) is 2. The molecule has 1 heterocycles. The molecule has 0 fully saturated rings. The third-order valence-electron chi connectivity index (χ3n) is 3.20. The Kier molecular flexibility index (Phi) is 8.02. The molecule has 0 aliphatic heterocycles. The molecule has 2 N–H and O–H groups in total. The Labute approximate surface area is 147 Å². The number of nitrogens with zero attached hydrogens (tertiary/aromatic N) is 3. The number of nitrogens with one attached hydrogen (secondary N) is 2. The minimum atomic E-state index is -0.228. The number of hydrogen-bond acceptors (Lipinski definition) is 4. The van der Waals surface area contributed by atoms with Gasteiger partial charge in [-0.25, -0.2) is 4.68 Å². The summed E-state index contributed by atoms with van der Waals surface area (Å²) < 4.78 is 1.58. The minimum Gasteiger partial charge on any atom is -0.349 e. The van der Waals surface area contributed by atoms with Gasteiger partial charge in [-0.2, -0.15) is 0 Å². The second-order valence-corrected chi connectivity index (χ2v) is 5.30. The summed E-state index contributed by atoms with van der Waals surface area (Å²) in [6.07, 6.45) is 1.07. The van der Waals surface area contributed by atoms with Gasteiger partial charge in [0.05, 0.1) is 16.4 Å². The van der Waals surface area contributed by atoms with Crippen LogP contribution in [-0.4, -0.2) is 40.5 Å². The predicted octanol–water partition coefficient (Wildman–Crippen LogP) is 2.38. The van der Waals surface area contributed by atoms with E-state index < -0.39 is 0 Å². The molecule has 2 rings (SSSR count). The molecule has 0 saturated heterocycles. The van der Waals surface area contributed by atoms with E-state index in [1.807, 2.05) is 18.2 Å². The van der Waals surface area contributed by atoms with Gasteiger partial charge < -0.3 is 10.6 Å². The molecule has 1 aromatic carbocycles. The van der Waals surface area contributed by atoms with Crippen molar-refractivity contribution in [2.75, 3.05) is 19.6 Å². The van der Waals surface area contributed by atoms with E-state index in [-0.39, 0.29) is 18.3 Å². The Hall–Kier alpha value is -1.63. The SMILES string of the molecule is CCCNCCNC(=O)c1nnn(-c2ccccc2Cl)c1C.Cl. The largest absolute Gasteiger partial charge is 0.349 e. The fourth-order valence-electron chi connectivity index (χ4n) is 2.04. The van der Waals surface area contributed by atoms with E-state index in [2.05, 4.69) is 27.9 Å². The van der Waals surface area contributed by atoms with Gasteiger partial charge in [0, 0.05) is 13.1 Å². The highest BCUT2D eigenvalue weighted by Gasteiger charge is 2.17. The number of para-hydroxylation sites is 1. The zero-order valence-corrected chi connectivity index (χ0v) is 14.7. The van der Waals surface area contributed by atoms with Crippen LogP contribution in [0.2, 0.25) is 5.02 Å². The Morgan fingerprint density at radius 3 is 2.70 bits per heavy atom. The maximum absolute atomic E-state index is 12.1. The number of carbonyl (C=O) groups excluding carboxylic acids is 1. The quantitative estimate of drug-likeness (QED) is 0.746. The molecule has 23 heavy (non-hydrogen) atoms. The van der Waals surface area contributed by atoms with Crippen molar-refractivity contribution in [3.63, 3.8) is 0 Å². The van der Waals surface area contributed by atoms with Gasteiger partial charge in [0.15, 0.2) is 5.69 Å². The van der Waals surface area contributed by atoms with Gasteiger partial charge >= 0.3 is 0 Å². The number of benzene rings is 1. The van der Waals surface area contributed by atoms with Gasteiger partial charge in [0.1, 0.15) is 0 Å². The van der Waals surface area contributed by atoms with Crippen LogP contribution in [0.15, 0.2) is 24.3 Å². The molecule has 126 valence electrons. The molecule has 6 nitrogen and oxygen atoms in total. The Morgan fingerprint density at radius 1 is 1.26 bits per heavy atom.